The second-order valence-electron chi connectivity index (χ2n) is 5.56. The molecule has 0 radical (unpaired) electrons. The summed E-state index contributed by atoms with van der Waals surface area (Å²) in [4.78, 5) is 1.99. The number of rotatable bonds is 7. The molecule has 7 heteroatoms. The van der Waals surface area contributed by atoms with Crippen LogP contribution in [-0.4, -0.2) is 82.8 Å². The molecule has 1 fully saturated rings. The summed E-state index contributed by atoms with van der Waals surface area (Å²) in [5.74, 6) is 0.427. The summed E-state index contributed by atoms with van der Waals surface area (Å²) < 4.78 is 28.0. The minimum absolute atomic E-state index is 0.427. The summed E-state index contributed by atoms with van der Waals surface area (Å²) >= 11 is 0. The molecule has 19 heavy (non-hydrogen) atoms. The van der Waals surface area contributed by atoms with E-state index in [4.69, 9.17) is 0 Å². The lowest BCUT2D eigenvalue weighted by molar-refractivity contribution is 0.246. The topological polar surface area (TPSA) is 55.9 Å². The highest BCUT2D eigenvalue weighted by molar-refractivity contribution is 7.86. The van der Waals surface area contributed by atoms with Crippen LogP contribution in [0.4, 0.5) is 0 Å². The average Bonchev–Trinajstić information content (AvgIpc) is 2.36. The van der Waals surface area contributed by atoms with Gasteiger partial charge in [0, 0.05) is 33.2 Å². The Bertz CT molecular complexity index is 357. The van der Waals surface area contributed by atoms with E-state index in [-0.39, 0.29) is 0 Å². The summed E-state index contributed by atoms with van der Waals surface area (Å²) in [6.07, 6.45) is 2.06. The largest absolute Gasteiger partial charge is 0.319 e. The highest BCUT2D eigenvalue weighted by Crippen LogP contribution is 2.20. The van der Waals surface area contributed by atoms with Gasteiger partial charge in [0.25, 0.3) is 10.2 Å². The van der Waals surface area contributed by atoms with Gasteiger partial charge < -0.3 is 10.2 Å². The van der Waals surface area contributed by atoms with Crippen molar-refractivity contribution in [3.05, 3.63) is 0 Å². The molecule has 1 aliphatic rings. The van der Waals surface area contributed by atoms with E-state index in [1.807, 2.05) is 26.0 Å². The first-order chi connectivity index (χ1) is 8.87. The maximum atomic E-state index is 12.5. The Morgan fingerprint density at radius 2 is 1.95 bits per heavy atom. The second-order valence-corrected chi connectivity index (χ2v) is 7.59. The predicted octanol–water partition coefficient (Wildman–Crippen LogP) is -0.344. The van der Waals surface area contributed by atoms with E-state index in [0.29, 0.717) is 25.6 Å². The molecule has 0 aromatic carbocycles. The molecular weight excluding hydrogens is 264 g/mol. The zero-order valence-electron chi connectivity index (χ0n) is 12.6. The van der Waals surface area contributed by atoms with Crippen molar-refractivity contribution in [1.82, 2.24) is 18.8 Å². The number of likely N-dealkylation sites (N-methyl/N-ethyl adjacent to an activating group) is 2. The van der Waals surface area contributed by atoms with E-state index in [1.54, 1.807) is 11.4 Å². The lowest BCUT2D eigenvalue weighted by Gasteiger charge is -2.34. The molecule has 1 unspecified atom stereocenters. The van der Waals surface area contributed by atoms with Crippen molar-refractivity contribution in [3.8, 4) is 0 Å². The molecule has 0 bridgehead atoms. The molecule has 1 N–H and O–H groups in total. The average molecular weight is 292 g/mol. The van der Waals surface area contributed by atoms with Gasteiger partial charge in [0.2, 0.25) is 0 Å². The van der Waals surface area contributed by atoms with E-state index in [0.717, 1.165) is 25.9 Å². The monoisotopic (exact) mass is 292 g/mol. The van der Waals surface area contributed by atoms with Crippen LogP contribution in [0.3, 0.4) is 0 Å². The summed E-state index contributed by atoms with van der Waals surface area (Å²) in [7, 11) is 4.18. The minimum Gasteiger partial charge on any atom is -0.319 e. The lowest BCUT2D eigenvalue weighted by Crippen LogP contribution is -2.49. The molecule has 0 amide bonds. The third-order valence-corrected chi connectivity index (χ3v) is 5.51. The molecule has 1 atom stereocenters. The summed E-state index contributed by atoms with van der Waals surface area (Å²) in [6.45, 7) is 3.43. The molecule has 1 aliphatic heterocycles. The third kappa shape index (κ3) is 5.00. The highest BCUT2D eigenvalue weighted by Gasteiger charge is 2.31. The number of piperidine rings is 1. The molecule has 0 saturated carbocycles. The quantitative estimate of drug-likeness (QED) is 0.697. The van der Waals surface area contributed by atoms with Crippen molar-refractivity contribution in [2.75, 3.05) is 60.9 Å². The van der Waals surface area contributed by atoms with Crippen LogP contribution in [0.2, 0.25) is 0 Å². The first-order valence-electron chi connectivity index (χ1n) is 6.88. The molecule has 6 nitrogen and oxygen atoms in total. The Labute approximate surface area is 117 Å². The van der Waals surface area contributed by atoms with E-state index in [1.165, 1.54) is 4.31 Å². The Balaban J connectivity index is 2.60. The van der Waals surface area contributed by atoms with Crippen LogP contribution >= 0.6 is 0 Å². The molecule has 0 spiro atoms. The Hall–Kier alpha value is -0.210. The Kier molecular flexibility index (Phi) is 6.68. The van der Waals surface area contributed by atoms with E-state index < -0.39 is 10.2 Å². The highest BCUT2D eigenvalue weighted by atomic mass is 32.2. The van der Waals surface area contributed by atoms with Crippen LogP contribution < -0.4 is 5.32 Å². The van der Waals surface area contributed by atoms with Crippen LogP contribution in [0.1, 0.15) is 12.8 Å². The fourth-order valence-electron chi connectivity index (χ4n) is 2.35. The van der Waals surface area contributed by atoms with Crippen molar-refractivity contribution in [2.24, 2.45) is 5.92 Å². The SMILES string of the molecule is CNCC1CCCN(S(=O)(=O)N(C)CCN(C)C)C1. The third-order valence-electron chi connectivity index (χ3n) is 3.56. The van der Waals surface area contributed by atoms with Crippen LogP contribution in [0.5, 0.6) is 0 Å². The van der Waals surface area contributed by atoms with Crippen LogP contribution in [0.25, 0.3) is 0 Å². The number of nitrogens with zero attached hydrogens (tertiary/aromatic N) is 3. The normalized spacial score (nSPS) is 22.3. The molecule has 0 aromatic rings. The van der Waals surface area contributed by atoms with Crippen LogP contribution in [-0.2, 0) is 10.2 Å². The molecule has 114 valence electrons. The Morgan fingerprint density at radius 1 is 1.26 bits per heavy atom. The standard InChI is InChI=1S/C12H28N4O2S/c1-13-10-12-6-5-7-16(11-12)19(17,18)15(4)9-8-14(2)3/h12-13H,5-11H2,1-4H3. The molecular formula is C12H28N4O2S. The minimum atomic E-state index is -3.30. The molecule has 1 saturated heterocycles. The number of hydrogen-bond donors (Lipinski definition) is 1. The van der Waals surface area contributed by atoms with Crippen LogP contribution in [0.15, 0.2) is 0 Å². The van der Waals surface area contributed by atoms with Gasteiger partial charge in [-0.15, -0.1) is 0 Å². The van der Waals surface area contributed by atoms with Crippen molar-refractivity contribution in [1.29, 1.82) is 0 Å². The number of hydrogen-bond acceptors (Lipinski definition) is 4. The zero-order chi connectivity index (χ0) is 14.5. The van der Waals surface area contributed by atoms with Gasteiger partial charge in [-0.25, -0.2) is 0 Å². The lowest BCUT2D eigenvalue weighted by atomic mass is 10.00. The molecule has 1 heterocycles. The van der Waals surface area contributed by atoms with Crippen molar-refractivity contribution in [2.45, 2.75) is 12.8 Å². The molecule has 0 aliphatic carbocycles. The first kappa shape index (κ1) is 16.8. The van der Waals surface area contributed by atoms with Gasteiger partial charge in [0.1, 0.15) is 0 Å². The predicted molar refractivity (Wildman–Crippen MR) is 78.3 cm³/mol. The van der Waals surface area contributed by atoms with Gasteiger partial charge in [-0.05, 0) is 46.4 Å². The zero-order valence-corrected chi connectivity index (χ0v) is 13.4. The molecule has 1 rings (SSSR count). The van der Waals surface area contributed by atoms with Crippen molar-refractivity contribution >= 4 is 10.2 Å². The van der Waals surface area contributed by atoms with Gasteiger partial charge >= 0.3 is 0 Å². The maximum Gasteiger partial charge on any atom is 0.281 e. The van der Waals surface area contributed by atoms with Gasteiger partial charge in [0.05, 0.1) is 0 Å². The van der Waals surface area contributed by atoms with Crippen molar-refractivity contribution < 1.29 is 8.42 Å². The summed E-state index contributed by atoms with van der Waals surface area (Å²) in [6, 6.07) is 0. The van der Waals surface area contributed by atoms with Gasteiger partial charge in [0.15, 0.2) is 0 Å². The first-order valence-corrected chi connectivity index (χ1v) is 8.28. The van der Waals surface area contributed by atoms with Crippen LogP contribution in [0, 0.1) is 5.92 Å². The van der Waals surface area contributed by atoms with Gasteiger partial charge in [-0.2, -0.15) is 17.0 Å². The van der Waals surface area contributed by atoms with E-state index >= 15 is 0 Å². The fourth-order valence-corrected chi connectivity index (χ4v) is 3.81. The van der Waals surface area contributed by atoms with Gasteiger partial charge in [-0.1, -0.05) is 0 Å². The summed E-state index contributed by atoms with van der Waals surface area (Å²) in [5, 5.41) is 3.14. The second kappa shape index (κ2) is 7.54. The van der Waals surface area contributed by atoms with E-state index in [9.17, 15) is 8.42 Å². The fraction of sp³-hybridized carbons (Fsp3) is 1.00. The van der Waals surface area contributed by atoms with Gasteiger partial charge in [-0.3, -0.25) is 0 Å². The maximum absolute atomic E-state index is 12.5. The van der Waals surface area contributed by atoms with E-state index in [2.05, 4.69) is 5.32 Å². The smallest absolute Gasteiger partial charge is 0.281 e. The number of nitrogens with one attached hydrogen (secondary N) is 1. The Morgan fingerprint density at radius 3 is 2.53 bits per heavy atom. The van der Waals surface area contributed by atoms with Crippen molar-refractivity contribution in [3.63, 3.8) is 0 Å². The summed E-state index contributed by atoms with van der Waals surface area (Å²) in [5.41, 5.74) is 0. The molecule has 0 aromatic heterocycles.